The second-order valence-electron chi connectivity index (χ2n) is 6.20. The van der Waals surface area contributed by atoms with Crippen LogP contribution in [0.2, 0.25) is 0 Å². The molecule has 0 saturated carbocycles. The van der Waals surface area contributed by atoms with Gasteiger partial charge in [0, 0.05) is 31.5 Å². The van der Waals surface area contributed by atoms with Crippen molar-refractivity contribution in [1.29, 1.82) is 0 Å². The van der Waals surface area contributed by atoms with Crippen LogP contribution in [-0.4, -0.2) is 59.8 Å². The zero-order valence-corrected chi connectivity index (χ0v) is 13.3. The normalized spacial score (nSPS) is 31.9. The molecular formula is C15H22N8O. The molecule has 6 N–H and O–H groups in total. The maximum atomic E-state index is 12.5. The lowest BCUT2D eigenvalue weighted by molar-refractivity contribution is -0.118. The predicted molar refractivity (Wildman–Crippen MR) is 89.8 cm³/mol. The highest BCUT2D eigenvalue weighted by Gasteiger charge is 2.36. The summed E-state index contributed by atoms with van der Waals surface area (Å²) in [7, 11) is 0. The van der Waals surface area contributed by atoms with Crippen LogP contribution in [0, 0.1) is 0 Å². The van der Waals surface area contributed by atoms with E-state index in [1.807, 2.05) is 11.1 Å². The van der Waals surface area contributed by atoms with E-state index in [1.165, 1.54) is 0 Å². The molecule has 9 heteroatoms. The summed E-state index contributed by atoms with van der Waals surface area (Å²) in [6.07, 6.45) is 10.5. The molecule has 0 aromatic heterocycles. The Morgan fingerprint density at radius 3 is 3.00 bits per heavy atom. The minimum absolute atomic E-state index is 0.0407. The highest BCUT2D eigenvalue weighted by atomic mass is 16.2. The number of likely N-dealkylation sites (tertiary alicyclic amines) is 1. The summed E-state index contributed by atoms with van der Waals surface area (Å²) >= 11 is 0. The van der Waals surface area contributed by atoms with Gasteiger partial charge in [0.05, 0.1) is 12.7 Å². The number of carbonyl (C=O) groups excluding carboxylic acids is 1. The summed E-state index contributed by atoms with van der Waals surface area (Å²) in [4.78, 5) is 19.0. The molecule has 0 radical (unpaired) electrons. The van der Waals surface area contributed by atoms with Crippen molar-refractivity contribution in [1.82, 2.24) is 31.3 Å². The molecule has 1 amide bonds. The minimum atomic E-state index is -0.216. The number of nitrogens with two attached hydrogens (primary N) is 1. The fraction of sp³-hybridized carbons (Fsp3) is 0.467. The number of aliphatic imine (C=N–C) groups is 1. The van der Waals surface area contributed by atoms with Crippen LogP contribution in [0.4, 0.5) is 0 Å². The first kappa shape index (κ1) is 15.2. The van der Waals surface area contributed by atoms with Gasteiger partial charge in [-0.2, -0.15) is 0 Å². The first-order valence-corrected chi connectivity index (χ1v) is 8.17. The number of fused-ring (bicyclic) bond motifs is 1. The predicted octanol–water partition coefficient (Wildman–Crippen LogP) is -1.92. The highest BCUT2D eigenvalue weighted by Crippen LogP contribution is 2.20. The van der Waals surface area contributed by atoms with E-state index in [0.717, 1.165) is 19.5 Å². The Morgan fingerprint density at radius 2 is 2.25 bits per heavy atom. The number of rotatable bonds is 2. The van der Waals surface area contributed by atoms with Gasteiger partial charge in [0.2, 0.25) is 5.96 Å². The summed E-state index contributed by atoms with van der Waals surface area (Å²) < 4.78 is 0. The molecule has 4 rings (SSSR count). The standard InChI is InChI=1S/C15H22N8O/c16-10-4-7-22(9-10)13-3-2-12-19-8-11(23(12)21-13)14(24)20-15-17-5-1-6-18-15/h1-3,5,8,10,12-13,19,21H,4,6-7,9,16H2,(H2,17,18,20,24)/t10-,12?,13?/m0/s1. The van der Waals surface area contributed by atoms with Crippen LogP contribution in [0.1, 0.15) is 6.42 Å². The fourth-order valence-electron chi connectivity index (χ4n) is 3.22. The van der Waals surface area contributed by atoms with Crippen molar-refractivity contribution in [2.45, 2.75) is 24.8 Å². The number of hydrazine groups is 1. The van der Waals surface area contributed by atoms with Crippen molar-refractivity contribution in [3.8, 4) is 0 Å². The molecule has 4 heterocycles. The van der Waals surface area contributed by atoms with Crippen LogP contribution in [0.5, 0.6) is 0 Å². The molecule has 0 aromatic carbocycles. The number of hydrogen-bond donors (Lipinski definition) is 5. The second kappa shape index (κ2) is 6.27. The van der Waals surface area contributed by atoms with E-state index in [0.29, 0.717) is 18.2 Å². The Labute approximate surface area is 140 Å². The molecule has 0 aromatic rings. The van der Waals surface area contributed by atoms with E-state index in [1.54, 1.807) is 12.4 Å². The number of nitrogens with one attached hydrogen (secondary N) is 4. The zero-order valence-electron chi connectivity index (χ0n) is 13.3. The molecule has 2 unspecified atom stereocenters. The summed E-state index contributed by atoms with van der Waals surface area (Å²) in [5.74, 6) is 0.243. The van der Waals surface area contributed by atoms with Gasteiger partial charge in [0.15, 0.2) is 0 Å². The summed E-state index contributed by atoms with van der Waals surface area (Å²) in [6.45, 7) is 2.37. The third-order valence-corrected chi connectivity index (χ3v) is 4.48. The monoisotopic (exact) mass is 330 g/mol. The maximum Gasteiger partial charge on any atom is 0.277 e. The van der Waals surface area contributed by atoms with Gasteiger partial charge >= 0.3 is 0 Å². The van der Waals surface area contributed by atoms with Crippen molar-refractivity contribution < 1.29 is 4.79 Å². The van der Waals surface area contributed by atoms with Crippen LogP contribution in [0.25, 0.3) is 0 Å². The summed E-state index contributed by atoms with van der Waals surface area (Å²) in [5, 5.41) is 10.7. The zero-order chi connectivity index (χ0) is 16.5. The number of amides is 1. The lowest BCUT2D eigenvalue weighted by atomic mass is 10.3. The fourth-order valence-corrected chi connectivity index (χ4v) is 3.22. The van der Waals surface area contributed by atoms with E-state index in [-0.39, 0.29) is 24.3 Å². The first-order valence-electron chi connectivity index (χ1n) is 8.17. The van der Waals surface area contributed by atoms with Crippen LogP contribution >= 0.6 is 0 Å². The molecular weight excluding hydrogens is 308 g/mol. The highest BCUT2D eigenvalue weighted by molar-refractivity contribution is 6.05. The molecule has 3 atom stereocenters. The Morgan fingerprint density at radius 1 is 1.38 bits per heavy atom. The van der Waals surface area contributed by atoms with Crippen LogP contribution in [0.15, 0.2) is 41.3 Å². The van der Waals surface area contributed by atoms with Gasteiger partial charge in [0.1, 0.15) is 11.9 Å². The molecule has 128 valence electrons. The molecule has 4 aliphatic heterocycles. The average Bonchev–Trinajstić information content (AvgIpc) is 3.21. The van der Waals surface area contributed by atoms with E-state index >= 15 is 0 Å². The molecule has 9 nitrogen and oxygen atoms in total. The smallest absolute Gasteiger partial charge is 0.277 e. The Kier molecular flexibility index (Phi) is 3.97. The Hall–Kier alpha value is -2.36. The average molecular weight is 330 g/mol. The van der Waals surface area contributed by atoms with Gasteiger partial charge in [-0.15, -0.1) is 0 Å². The van der Waals surface area contributed by atoms with Gasteiger partial charge in [-0.05, 0) is 18.6 Å². The Bertz CT molecular complexity index is 639. The summed E-state index contributed by atoms with van der Waals surface area (Å²) in [5.41, 5.74) is 9.92. The topological polar surface area (TPSA) is 110 Å². The van der Waals surface area contributed by atoms with E-state index in [2.05, 4.69) is 43.4 Å². The van der Waals surface area contributed by atoms with Gasteiger partial charge < -0.3 is 16.4 Å². The van der Waals surface area contributed by atoms with Crippen molar-refractivity contribution in [3.63, 3.8) is 0 Å². The van der Waals surface area contributed by atoms with Crippen molar-refractivity contribution in [2.75, 3.05) is 19.6 Å². The number of nitrogens with zero attached hydrogens (tertiary/aromatic N) is 3. The molecule has 0 spiro atoms. The molecule has 24 heavy (non-hydrogen) atoms. The second-order valence-corrected chi connectivity index (χ2v) is 6.20. The SMILES string of the molecule is N[C@H]1CCN(C2C=CC3NC=C(C(=O)NC4=NCC=CN4)N3N2)C1. The number of carbonyl (C=O) groups is 1. The third-order valence-electron chi connectivity index (χ3n) is 4.48. The van der Waals surface area contributed by atoms with E-state index in [9.17, 15) is 4.79 Å². The molecule has 1 fully saturated rings. The Balaban J connectivity index is 1.42. The quantitative estimate of drug-likeness (QED) is 0.376. The van der Waals surface area contributed by atoms with Gasteiger partial charge in [0.25, 0.3) is 5.91 Å². The lowest BCUT2D eigenvalue weighted by Crippen LogP contribution is -2.59. The number of hydrogen-bond acceptors (Lipinski definition) is 8. The summed E-state index contributed by atoms with van der Waals surface area (Å²) in [6, 6.07) is 0.219. The minimum Gasteiger partial charge on any atom is -0.365 e. The van der Waals surface area contributed by atoms with Crippen LogP contribution in [0.3, 0.4) is 0 Å². The van der Waals surface area contributed by atoms with Crippen molar-refractivity contribution in [3.05, 3.63) is 36.3 Å². The van der Waals surface area contributed by atoms with Crippen molar-refractivity contribution >= 4 is 11.9 Å². The molecule has 0 aliphatic carbocycles. The third kappa shape index (κ3) is 2.88. The molecule has 4 aliphatic rings. The van der Waals surface area contributed by atoms with Crippen molar-refractivity contribution in [2.24, 2.45) is 10.7 Å². The van der Waals surface area contributed by atoms with Gasteiger partial charge in [-0.3, -0.25) is 20.0 Å². The maximum absolute atomic E-state index is 12.5. The lowest BCUT2D eigenvalue weighted by Gasteiger charge is -2.38. The number of guanidine groups is 1. The first-order chi connectivity index (χ1) is 11.7. The largest absolute Gasteiger partial charge is 0.365 e. The van der Waals surface area contributed by atoms with Gasteiger partial charge in [-0.25, -0.2) is 10.4 Å². The van der Waals surface area contributed by atoms with E-state index < -0.39 is 0 Å². The molecule has 0 bridgehead atoms. The molecule has 1 saturated heterocycles. The van der Waals surface area contributed by atoms with Crippen LogP contribution < -0.4 is 27.1 Å². The van der Waals surface area contributed by atoms with Gasteiger partial charge in [-0.1, -0.05) is 6.08 Å². The van der Waals surface area contributed by atoms with E-state index in [4.69, 9.17) is 5.73 Å². The van der Waals surface area contributed by atoms with Crippen LogP contribution in [-0.2, 0) is 4.79 Å².